The van der Waals surface area contributed by atoms with Crippen LogP contribution < -0.4 is 0 Å². The van der Waals surface area contributed by atoms with Crippen molar-refractivity contribution in [1.29, 1.82) is 0 Å². The number of hydrogen-bond acceptors (Lipinski definition) is 2. The van der Waals surface area contributed by atoms with Gasteiger partial charge < -0.3 is 10.2 Å². The van der Waals surface area contributed by atoms with Crippen molar-refractivity contribution in [1.82, 2.24) is 0 Å². The standard InChI is InChI=1S/C8H12O4.2ClH/c9-7(10)5-2-1-3-6(4-5)8(11)12;;/h5-6H,1-4H2,(H,9,10)(H,11,12);2*1H. The molecule has 14 heavy (non-hydrogen) atoms. The van der Waals surface area contributed by atoms with Crippen molar-refractivity contribution in [3.63, 3.8) is 0 Å². The van der Waals surface area contributed by atoms with E-state index >= 15 is 0 Å². The van der Waals surface area contributed by atoms with Crippen LogP contribution in [0.1, 0.15) is 25.7 Å². The average molecular weight is 245 g/mol. The summed E-state index contributed by atoms with van der Waals surface area (Å²) in [6.07, 6.45) is 2.26. The molecular formula is C8H14Cl2O4. The summed E-state index contributed by atoms with van der Waals surface area (Å²) in [5.74, 6) is -2.61. The van der Waals surface area contributed by atoms with Gasteiger partial charge in [-0.3, -0.25) is 9.59 Å². The molecule has 2 unspecified atom stereocenters. The van der Waals surface area contributed by atoms with E-state index in [2.05, 4.69) is 0 Å². The molecular weight excluding hydrogens is 231 g/mol. The molecule has 0 aromatic carbocycles. The zero-order valence-electron chi connectivity index (χ0n) is 7.51. The lowest BCUT2D eigenvalue weighted by atomic mass is 9.81. The Kier molecular flexibility index (Phi) is 7.87. The lowest BCUT2D eigenvalue weighted by Crippen LogP contribution is -2.26. The normalized spacial score (nSPS) is 25.4. The van der Waals surface area contributed by atoms with Crippen LogP contribution in [-0.4, -0.2) is 22.2 Å². The van der Waals surface area contributed by atoms with E-state index in [1.807, 2.05) is 0 Å². The largest absolute Gasteiger partial charge is 0.481 e. The summed E-state index contributed by atoms with van der Waals surface area (Å²) in [6.45, 7) is 0. The average Bonchev–Trinajstić information content (AvgIpc) is 2.04. The van der Waals surface area contributed by atoms with Crippen molar-refractivity contribution in [3.05, 3.63) is 0 Å². The van der Waals surface area contributed by atoms with Crippen LogP contribution in [0.15, 0.2) is 0 Å². The highest BCUT2D eigenvalue weighted by molar-refractivity contribution is 5.85. The van der Waals surface area contributed by atoms with Crippen molar-refractivity contribution >= 4 is 36.8 Å². The molecule has 6 heteroatoms. The van der Waals surface area contributed by atoms with Gasteiger partial charge in [0.1, 0.15) is 0 Å². The topological polar surface area (TPSA) is 74.6 Å². The molecule has 0 aromatic heterocycles. The van der Waals surface area contributed by atoms with Gasteiger partial charge in [-0.25, -0.2) is 0 Å². The minimum atomic E-state index is -0.860. The maximum atomic E-state index is 10.5. The van der Waals surface area contributed by atoms with E-state index in [1.165, 1.54) is 0 Å². The highest BCUT2D eigenvalue weighted by atomic mass is 35.5. The molecule has 1 rings (SSSR count). The van der Waals surface area contributed by atoms with Crippen LogP contribution in [-0.2, 0) is 9.59 Å². The zero-order valence-corrected chi connectivity index (χ0v) is 9.14. The fraction of sp³-hybridized carbons (Fsp3) is 0.750. The quantitative estimate of drug-likeness (QED) is 0.777. The molecule has 0 radical (unpaired) electrons. The summed E-state index contributed by atoms with van der Waals surface area (Å²) < 4.78 is 0. The van der Waals surface area contributed by atoms with Gasteiger partial charge in [-0.2, -0.15) is 0 Å². The van der Waals surface area contributed by atoms with E-state index in [9.17, 15) is 9.59 Å². The molecule has 1 saturated carbocycles. The van der Waals surface area contributed by atoms with E-state index in [1.54, 1.807) is 0 Å². The SMILES string of the molecule is Cl.Cl.O=C(O)C1CCCC(C(=O)O)C1. The van der Waals surface area contributed by atoms with E-state index < -0.39 is 23.8 Å². The molecule has 2 atom stereocenters. The number of carbonyl (C=O) groups is 2. The predicted molar refractivity (Wildman–Crippen MR) is 55.2 cm³/mol. The summed E-state index contributed by atoms with van der Waals surface area (Å²) in [5, 5.41) is 17.3. The Labute approximate surface area is 94.5 Å². The van der Waals surface area contributed by atoms with Crippen molar-refractivity contribution in [2.24, 2.45) is 11.8 Å². The first-order valence-corrected chi connectivity index (χ1v) is 4.07. The Bertz CT molecular complexity index is 188. The fourth-order valence-corrected chi connectivity index (χ4v) is 1.64. The molecule has 2 N–H and O–H groups in total. The van der Waals surface area contributed by atoms with E-state index in [4.69, 9.17) is 10.2 Å². The second-order valence-electron chi connectivity index (χ2n) is 3.24. The van der Waals surface area contributed by atoms with Crippen LogP contribution in [0.3, 0.4) is 0 Å². The van der Waals surface area contributed by atoms with Gasteiger partial charge in [-0.05, 0) is 19.3 Å². The van der Waals surface area contributed by atoms with Gasteiger partial charge in [0.25, 0.3) is 0 Å². The summed E-state index contributed by atoms with van der Waals surface area (Å²) in [5.41, 5.74) is 0. The van der Waals surface area contributed by atoms with Crippen LogP contribution in [0.2, 0.25) is 0 Å². The molecule has 0 spiro atoms. The van der Waals surface area contributed by atoms with Crippen LogP contribution in [0.25, 0.3) is 0 Å². The van der Waals surface area contributed by atoms with Gasteiger partial charge in [0.2, 0.25) is 0 Å². The van der Waals surface area contributed by atoms with Gasteiger partial charge in [-0.1, -0.05) is 6.42 Å². The third kappa shape index (κ3) is 4.15. The highest BCUT2D eigenvalue weighted by Crippen LogP contribution is 2.29. The molecule has 1 aliphatic rings. The summed E-state index contributed by atoms with van der Waals surface area (Å²) in [6, 6.07) is 0. The van der Waals surface area contributed by atoms with Crippen molar-refractivity contribution in [3.8, 4) is 0 Å². The molecule has 0 bridgehead atoms. The van der Waals surface area contributed by atoms with Crippen LogP contribution in [0.5, 0.6) is 0 Å². The molecule has 0 amide bonds. The Morgan fingerprint density at radius 3 is 1.57 bits per heavy atom. The minimum absolute atomic E-state index is 0. The Hall–Kier alpha value is -0.480. The monoisotopic (exact) mass is 244 g/mol. The summed E-state index contributed by atoms with van der Waals surface area (Å²) in [7, 11) is 0. The molecule has 4 nitrogen and oxygen atoms in total. The van der Waals surface area contributed by atoms with Gasteiger partial charge in [0.05, 0.1) is 11.8 Å². The molecule has 84 valence electrons. The van der Waals surface area contributed by atoms with Crippen LogP contribution >= 0.6 is 24.8 Å². The third-order valence-electron chi connectivity index (χ3n) is 2.37. The molecule has 0 aliphatic heterocycles. The maximum Gasteiger partial charge on any atom is 0.306 e. The van der Waals surface area contributed by atoms with Crippen molar-refractivity contribution in [2.75, 3.05) is 0 Å². The van der Waals surface area contributed by atoms with Crippen molar-refractivity contribution < 1.29 is 19.8 Å². The van der Waals surface area contributed by atoms with Gasteiger partial charge in [0.15, 0.2) is 0 Å². The lowest BCUT2D eigenvalue weighted by molar-refractivity contribution is -0.147. The predicted octanol–water partition coefficient (Wildman–Crippen LogP) is 1.81. The van der Waals surface area contributed by atoms with Crippen LogP contribution in [0.4, 0.5) is 0 Å². The second-order valence-corrected chi connectivity index (χ2v) is 3.24. The number of carboxylic acids is 2. The molecule has 0 aromatic rings. The first-order valence-electron chi connectivity index (χ1n) is 4.07. The number of carboxylic acid groups (broad SMARTS) is 2. The third-order valence-corrected chi connectivity index (χ3v) is 2.37. The molecule has 1 aliphatic carbocycles. The summed E-state index contributed by atoms with van der Waals surface area (Å²) in [4.78, 5) is 21.1. The van der Waals surface area contributed by atoms with Crippen LogP contribution in [0, 0.1) is 11.8 Å². The minimum Gasteiger partial charge on any atom is -0.481 e. The van der Waals surface area contributed by atoms with Crippen molar-refractivity contribution in [2.45, 2.75) is 25.7 Å². The Balaban J connectivity index is 0. The maximum absolute atomic E-state index is 10.5. The zero-order chi connectivity index (χ0) is 9.14. The first-order chi connectivity index (χ1) is 5.61. The molecule has 0 heterocycles. The molecule has 1 fully saturated rings. The van der Waals surface area contributed by atoms with E-state index in [0.29, 0.717) is 25.7 Å². The smallest absolute Gasteiger partial charge is 0.306 e. The first kappa shape index (κ1) is 16.0. The van der Waals surface area contributed by atoms with Gasteiger partial charge in [-0.15, -0.1) is 24.8 Å². The fourth-order valence-electron chi connectivity index (χ4n) is 1.64. The highest BCUT2D eigenvalue weighted by Gasteiger charge is 2.30. The number of aliphatic carboxylic acids is 2. The Morgan fingerprint density at radius 1 is 0.929 bits per heavy atom. The molecule has 0 saturated heterocycles. The van der Waals surface area contributed by atoms with Gasteiger partial charge in [0, 0.05) is 0 Å². The van der Waals surface area contributed by atoms with Gasteiger partial charge >= 0.3 is 11.9 Å². The Morgan fingerprint density at radius 2 is 1.29 bits per heavy atom. The number of hydrogen-bond donors (Lipinski definition) is 2. The lowest BCUT2D eigenvalue weighted by Gasteiger charge is -2.23. The number of rotatable bonds is 2. The van der Waals surface area contributed by atoms with E-state index in [-0.39, 0.29) is 24.8 Å². The van der Waals surface area contributed by atoms with E-state index in [0.717, 1.165) is 0 Å². The second kappa shape index (κ2) is 6.90. The number of halogens is 2. The summed E-state index contributed by atoms with van der Waals surface area (Å²) >= 11 is 0.